The Morgan fingerprint density at radius 2 is 1.87 bits per heavy atom. The Bertz CT molecular complexity index is 620. The van der Waals surface area contributed by atoms with Crippen LogP contribution in [0.25, 0.3) is 0 Å². The van der Waals surface area contributed by atoms with Crippen LogP contribution in [0.3, 0.4) is 0 Å². The van der Waals surface area contributed by atoms with E-state index in [1.807, 2.05) is 0 Å². The van der Waals surface area contributed by atoms with Crippen LogP contribution in [-0.4, -0.2) is 29.0 Å². The van der Waals surface area contributed by atoms with E-state index in [2.05, 4.69) is 28.2 Å². The maximum Gasteiger partial charge on any atom is 0.378 e. The van der Waals surface area contributed by atoms with Gasteiger partial charge in [-0.1, -0.05) is 25.3 Å². The molecule has 0 aromatic heterocycles. The summed E-state index contributed by atoms with van der Waals surface area (Å²) in [5.74, 6) is -2.37. The Kier molecular flexibility index (Phi) is 6.54. The fourth-order valence-electron chi connectivity index (χ4n) is 1.52. The summed E-state index contributed by atoms with van der Waals surface area (Å²) in [5, 5.41) is 11.7. The molecule has 2 N–H and O–H groups in total. The molecule has 1 rings (SSSR count). The number of carbonyl (C=O) groups excluding carboxylic acids is 3. The van der Waals surface area contributed by atoms with Crippen LogP contribution in [-0.2, 0) is 30.6 Å². The molecule has 7 heteroatoms. The van der Waals surface area contributed by atoms with Gasteiger partial charge in [-0.15, -0.1) is 0 Å². The van der Waals surface area contributed by atoms with Crippen LogP contribution in [0.1, 0.15) is 12.5 Å². The maximum absolute atomic E-state index is 12.0. The molecule has 0 saturated carbocycles. The average Bonchev–Trinajstić information content (AvgIpc) is 2.53. The normalized spacial score (nSPS) is 11.0. The lowest BCUT2D eigenvalue weighted by Gasteiger charge is -2.16. The van der Waals surface area contributed by atoms with E-state index in [1.54, 1.807) is 12.1 Å². The maximum atomic E-state index is 12.0. The molecular formula is C16H17NO6. The zero-order chi connectivity index (χ0) is 17.4. The molecule has 0 bridgehead atoms. The van der Waals surface area contributed by atoms with E-state index in [0.29, 0.717) is 5.56 Å². The van der Waals surface area contributed by atoms with Gasteiger partial charge in [-0.3, -0.25) is 4.79 Å². The van der Waals surface area contributed by atoms with Gasteiger partial charge in [-0.05, 0) is 24.6 Å². The molecule has 1 aromatic rings. The second-order valence-corrected chi connectivity index (χ2v) is 4.69. The molecule has 0 fully saturated rings. The van der Waals surface area contributed by atoms with E-state index in [9.17, 15) is 19.5 Å². The third-order valence-electron chi connectivity index (χ3n) is 2.73. The van der Waals surface area contributed by atoms with Crippen molar-refractivity contribution in [2.75, 3.05) is 0 Å². The Morgan fingerprint density at radius 3 is 2.39 bits per heavy atom. The lowest BCUT2D eigenvalue weighted by atomic mass is 10.1. The summed E-state index contributed by atoms with van der Waals surface area (Å²) in [7, 11) is 0. The molecule has 1 aromatic carbocycles. The highest BCUT2D eigenvalue weighted by molar-refractivity contribution is 5.95. The Hall–Kier alpha value is -3.09. The van der Waals surface area contributed by atoms with Crippen molar-refractivity contribution in [3.8, 4) is 5.75 Å². The van der Waals surface area contributed by atoms with Crippen molar-refractivity contribution in [2.24, 2.45) is 0 Å². The molecule has 0 spiro atoms. The van der Waals surface area contributed by atoms with Crippen LogP contribution < -0.4 is 5.32 Å². The molecular weight excluding hydrogens is 302 g/mol. The monoisotopic (exact) mass is 319 g/mol. The molecule has 0 heterocycles. The number of phenolic OH excluding ortho intramolecular Hbond substituents is 1. The number of amides is 1. The second kappa shape index (κ2) is 8.38. The van der Waals surface area contributed by atoms with E-state index < -0.39 is 23.9 Å². The summed E-state index contributed by atoms with van der Waals surface area (Å²) in [6.45, 7) is 8.12. The predicted octanol–water partition coefficient (Wildman–Crippen LogP) is 1.18. The Balaban J connectivity index is 2.82. The first-order valence-electron chi connectivity index (χ1n) is 6.62. The summed E-state index contributed by atoms with van der Waals surface area (Å²) in [4.78, 5) is 43.2. The highest BCUT2D eigenvalue weighted by Crippen LogP contribution is 2.12. The van der Waals surface area contributed by atoms with Crippen LogP contribution in [0.15, 0.2) is 49.1 Å². The zero-order valence-corrected chi connectivity index (χ0v) is 12.6. The standard InChI is InChI=1S/C16H17NO6/c1-4-14(19)22-23-16(21)13(17-15(20)10(2)3)9-11-5-7-12(18)8-6-11/h4-8,13,18H,1-2,9H2,3H3,(H,17,20)/t13-/m0/s1. The summed E-state index contributed by atoms with van der Waals surface area (Å²) in [6, 6.07) is 4.95. The van der Waals surface area contributed by atoms with E-state index in [0.717, 1.165) is 6.08 Å². The van der Waals surface area contributed by atoms with Gasteiger partial charge in [-0.2, -0.15) is 0 Å². The van der Waals surface area contributed by atoms with Crippen LogP contribution >= 0.6 is 0 Å². The van der Waals surface area contributed by atoms with Gasteiger partial charge >= 0.3 is 11.9 Å². The van der Waals surface area contributed by atoms with Crippen LogP contribution in [0.2, 0.25) is 0 Å². The summed E-state index contributed by atoms with van der Waals surface area (Å²) in [5.41, 5.74) is 0.860. The van der Waals surface area contributed by atoms with Gasteiger partial charge in [0.1, 0.15) is 11.8 Å². The van der Waals surface area contributed by atoms with E-state index in [1.165, 1.54) is 19.1 Å². The topological polar surface area (TPSA) is 102 Å². The van der Waals surface area contributed by atoms with Crippen LogP contribution in [0.4, 0.5) is 0 Å². The second-order valence-electron chi connectivity index (χ2n) is 4.69. The number of nitrogens with one attached hydrogen (secondary N) is 1. The number of rotatable bonds is 6. The van der Waals surface area contributed by atoms with Crippen molar-refractivity contribution < 1.29 is 29.3 Å². The fourth-order valence-corrected chi connectivity index (χ4v) is 1.52. The number of hydrogen-bond acceptors (Lipinski definition) is 6. The minimum absolute atomic E-state index is 0.0683. The number of carbonyl (C=O) groups is 3. The molecule has 0 aliphatic carbocycles. The molecule has 1 atom stereocenters. The molecule has 0 aliphatic rings. The molecule has 0 aliphatic heterocycles. The molecule has 0 radical (unpaired) electrons. The first-order valence-corrected chi connectivity index (χ1v) is 6.62. The number of aromatic hydroxyl groups is 1. The van der Waals surface area contributed by atoms with Gasteiger partial charge in [0, 0.05) is 18.1 Å². The SMILES string of the molecule is C=CC(=O)OOC(=O)[C@H](Cc1ccc(O)cc1)NC(=O)C(=C)C. The Morgan fingerprint density at radius 1 is 1.26 bits per heavy atom. The third kappa shape index (κ3) is 6.04. The minimum Gasteiger partial charge on any atom is -0.508 e. The van der Waals surface area contributed by atoms with E-state index in [-0.39, 0.29) is 17.7 Å². The van der Waals surface area contributed by atoms with E-state index in [4.69, 9.17) is 0 Å². The smallest absolute Gasteiger partial charge is 0.378 e. The molecule has 122 valence electrons. The van der Waals surface area contributed by atoms with Crippen LogP contribution in [0, 0.1) is 0 Å². The first-order chi connectivity index (χ1) is 10.8. The summed E-state index contributed by atoms with van der Waals surface area (Å²) < 4.78 is 0. The van der Waals surface area contributed by atoms with Crippen molar-refractivity contribution in [2.45, 2.75) is 19.4 Å². The van der Waals surface area contributed by atoms with Crippen molar-refractivity contribution in [3.63, 3.8) is 0 Å². The molecule has 1 amide bonds. The van der Waals surface area contributed by atoms with Gasteiger partial charge in [0.05, 0.1) is 0 Å². The lowest BCUT2D eigenvalue weighted by Crippen LogP contribution is -2.43. The van der Waals surface area contributed by atoms with Gasteiger partial charge in [0.25, 0.3) is 0 Å². The van der Waals surface area contributed by atoms with Crippen molar-refractivity contribution in [1.29, 1.82) is 0 Å². The molecule has 23 heavy (non-hydrogen) atoms. The van der Waals surface area contributed by atoms with Gasteiger partial charge in [0.2, 0.25) is 5.91 Å². The van der Waals surface area contributed by atoms with Crippen molar-refractivity contribution in [1.82, 2.24) is 5.32 Å². The largest absolute Gasteiger partial charge is 0.508 e. The minimum atomic E-state index is -1.10. The molecule has 0 unspecified atom stereocenters. The lowest BCUT2D eigenvalue weighted by molar-refractivity contribution is -0.256. The highest BCUT2D eigenvalue weighted by atomic mass is 17.2. The third-order valence-corrected chi connectivity index (χ3v) is 2.73. The van der Waals surface area contributed by atoms with E-state index >= 15 is 0 Å². The summed E-state index contributed by atoms with van der Waals surface area (Å²) in [6.07, 6.45) is 0.901. The number of benzene rings is 1. The zero-order valence-electron chi connectivity index (χ0n) is 12.6. The molecule has 7 nitrogen and oxygen atoms in total. The van der Waals surface area contributed by atoms with Gasteiger partial charge in [0.15, 0.2) is 0 Å². The number of hydrogen-bond donors (Lipinski definition) is 2. The molecule has 0 saturated heterocycles. The van der Waals surface area contributed by atoms with Crippen molar-refractivity contribution >= 4 is 17.8 Å². The average molecular weight is 319 g/mol. The first kappa shape index (κ1) is 18.0. The predicted molar refractivity (Wildman–Crippen MR) is 80.9 cm³/mol. The van der Waals surface area contributed by atoms with Gasteiger partial charge < -0.3 is 10.4 Å². The number of phenols is 1. The van der Waals surface area contributed by atoms with Crippen molar-refractivity contribution in [3.05, 3.63) is 54.6 Å². The fraction of sp³-hybridized carbons (Fsp3) is 0.188. The van der Waals surface area contributed by atoms with Gasteiger partial charge in [-0.25, -0.2) is 19.4 Å². The highest BCUT2D eigenvalue weighted by Gasteiger charge is 2.25. The quantitative estimate of drug-likeness (QED) is 0.464. The van der Waals surface area contributed by atoms with Crippen LogP contribution in [0.5, 0.6) is 5.75 Å². The Labute approximate surface area is 133 Å². The summed E-state index contributed by atoms with van der Waals surface area (Å²) >= 11 is 0.